The number of imidazole rings is 1. The molecule has 2 aromatic carbocycles. The number of aryl methyl sites for hydroxylation is 1. The number of nitrogens with one attached hydrogen (secondary N) is 1. The van der Waals surface area contributed by atoms with E-state index in [1.54, 1.807) is 11.5 Å². The molecule has 3 N–H and O–H groups in total. The van der Waals surface area contributed by atoms with E-state index in [2.05, 4.69) is 4.98 Å². The molecule has 0 amide bonds. The van der Waals surface area contributed by atoms with Gasteiger partial charge in [0.05, 0.1) is 11.6 Å². The summed E-state index contributed by atoms with van der Waals surface area (Å²) in [6.07, 6.45) is 0. The maximum Gasteiger partial charge on any atom is 0.327 e. The largest absolute Gasteiger partial charge is 0.488 e. The number of rotatable bonds is 3. The normalized spacial score (nSPS) is 16.8. The van der Waals surface area contributed by atoms with E-state index in [0.29, 0.717) is 34.7 Å². The molecule has 1 aliphatic heterocycles. The lowest BCUT2D eigenvalue weighted by atomic mass is 9.95. The number of aromatic amines is 1. The minimum atomic E-state index is -0.238. The van der Waals surface area contributed by atoms with Gasteiger partial charge in [-0.05, 0) is 38.0 Å². The van der Waals surface area contributed by atoms with E-state index in [-0.39, 0.29) is 17.5 Å². The highest BCUT2D eigenvalue weighted by Crippen LogP contribution is 2.41. The van der Waals surface area contributed by atoms with Crippen LogP contribution in [0.1, 0.15) is 36.6 Å². The van der Waals surface area contributed by atoms with Crippen molar-refractivity contribution in [3.63, 3.8) is 0 Å². The molecule has 0 spiro atoms. The monoisotopic (exact) mass is 363 g/mol. The van der Waals surface area contributed by atoms with Crippen LogP contribution in [0, 0.1) is 6.92 Å². The van der Waals surface area contributed by atoms with Crippen LogP contribution in [0.3, 0.4) is 0 Å². The van der Waals surface area contributed by atoms with E-state index in [4.69, 9.17) is 10.5 Å². The zero-order chi connectivity index (χ0) is 19.3. The van der Waals surface area contributed by atoms with Crippen LogP contribution in [0.2, 0.25) is 0 Å². The molecular weight excluding hydrogens is 342 g/mol. The molecule has 0 radical (unpaired) electrons. The third-order valence-electron chi connectivity index (χ3n) is 5.04. The van der Waals surface area contributed by atoms with Crippen LogP contribution >= 0.6 is 0 Å². The third kappa shape index (κ3) is 2.56. The Bertz CT molecular complexity index is 1150. The summed E-state index contributed by atoms with van der Waals surface area (Å²) in [5.74, 6) is 0.388. The number of ether oxygens (including phenoxy) is 1. The van der Waals surface area contributed by atoms with Gasteiger partial charge >= 0.3 is 5.69 Å². The number of carbonyl (C=O) groups is 1. The maximum atomic E-state index is 12.8. The molecule has 0 bridgehead atoms. The molecule has 2 heterocycles. The molecule has 138 valence electrons. The summed E-state index contributed by atoms with van der Waals surface area (Å²) in [6.45, 7) is 5.38. The molecule has 1 aromatic heterocycles. The first-order valence-corrected chi connectivity index (χ1v) is 8.83. The number of allylic oxidation sites excluding steroid dienone is 2. The number of nitrogens with zero attached hydrogens (tertiary/aromatic N) is 1. The first kappa shape index (κ1) is 17.1. The predicted molar refractivity (Wildman–Crippen MR) is 105 cm³/mol. The summed E-state index contributed by atoms with van der Waals surface area (Å²) in [7, 11) is 0. The van der Waals surface area contributed by atoms with Crippen molar-refractivity contribution < 1.29 is 9.53 Å². The van der Waals surface area contributed by atoms with Crippen LogP contribution in [0.5, 0.6) is 5.75 Å². The van der Waals surface area contributed by atoms with E-state index in [1.165, 1.54) is 6.92 Å². The molecule has 4 rings (SSSR count). The fraction of sp³-hybridized carbons (Fsp3) is 0.238. The summed E-state index contributed by atoms with van der Waals surface area (Å²) in [5, 5.41) is 0. The van der Waals surface area contributed by atoms with Gasteiger partial charge in [-0.1, -0.05) is 30.3 Å². The fourth-order valence-corrected chi connectivity index (χ4v) is 3.90. The van der Waals surface area contributed by atoms with Gasteiger partial charge in [0.25, 0.3) is 0 Å². The number of ketones is 1. The van der Waals surface area contributed by atoms with Gasteiger partial charge in [0, 0.05) is 16.8 Å². The van der Waals surface area contributed by atoms with Gasteiger partial charge < -0.3 is 15.5 Å². The van der Waals surface area contributed by atoms with Crippen molar-refractivity contribution in [1.29, 1.82) is 0 Å². The lowest BCUT2D eigenvalue weighted by molar-refractivity contribution is -0.111. The number of hydrogen-bond acceptors (Lipinski definition) is 4. The van der Waals surface area contributed by atoms with Crippen LogP contribution in [0.25, 0.3) is 16.6 Å². The summed E-state index contributed by atoms with van der Waals surface area (Å²) < 4.78 is 7.85. The molecule has 1 aliphatic rings. The molecule has 1 atom stereocenters. The van der Waals surface area contributed by atoms with Crippen molar-refractivity contribution in [2.45, 2.75) is 26.8 Å². The Kier molecular flexibility index (Phi) is 3.91. The first-order chi connectivity index (χ1) is 12.9. The minimum absolute atomic E-state index is 0.136. The van der Waals surface area contributed by atoms with Gasteiger partial charge in [0.1, 0.15) is 12.1 Å². The van der Waals surface area contributed by atoms with Crippen LogP contribution < -0.4 is 16.2 Å². The number of aromatic nitrogens is 2. The van der Waals surface area contributed by atoms with E-state index >= 15 is 0 Å². The molecule has 0 saturated carbocycles. The van der Waals surface area contributed by atoms with Crippen LogP contribution in [-0.4, -0.2) is 21.9 Å². The lowest BCUT2D eigenvalue weighted by Gasteiger charge is -2.27. The standard InChI is InChI=1S/C21H21N3O3/c1-11-9-15(17(12(2)22)13(3)25)20-19-18(11)23-21(26)24(19)16(10-27-20)14-7-5-4-6-8-14/h4-9,16H,10,22H2,1-3H3,(H,23,26)/b17-12-. The quantitative estimate of drug-likeness (QED) is 0.700. The van der Waals surface area contributed by atoms with Crippen molar-refractivity contribution >= 4 is 22.4 Å². The summed E-state index contributed by atoms with van der Waals surface area (Å²) in [5.41, 5.74) is 10.5. The van der Waals surface area contributed by atoms with Crippen molar-refractivity contribution in [3.8, 4) is 5.75 Å². The third-order valence-corrected chi connectivity index (χ3v) is 5.04. The van der Waals surface area contributed by atoms with Crippen molar-refractivity contribution in [2.75, 3.05) is 6.61 Å². The van der Waals surface area contributed by atoms with Crippen LogP contribution in [0.15, 0.2) is 46.9 Å². The lowest BCUT2D eigenvalue weighted by Crippen LogP contribution is -2.30. The van der Waals surface area contributed by atoms with Gasteiger partial charge in [-0.25, -0.2) is 4.79 Å². The number of nitrogens with two attached hydrogens (primary N) is 1. The molecule has 1 unspecified atom stereocenters. The number of carbonyl (C=O) groups excluding carboxylic acids is 1. The van der Waals surface area contributed by atoms with E-state index < -0.39 is 0 Å². The predicted octanol–water partition coefficient (Wildman–Crippen LogP) is 2.90. The zero-order valence-electron chi connectivity index (χ0n) is 15.5. The van der Waals surface area contributed by atoms with Crippen LogP contribution in [0.4, 0.5) is 0 Å². The number of Topliss-reactive ketones (excluding diaryl/α,β-unsaturated/α-hetero) is 1. The SMILES string of the molecule is CC(=O)/C(=C(\C)N)c1cc(C)c2[nH]c(=O)n3c2c1OCC3c1ccccc1. The molecule has 6 heteroatoms. The van der Waals surface area contributed by atoms with Gasteiger partial charge in [0.2, 0.25) is 0 Å². The Morgan fingerprint density at radius 3 is 2.59 bits per heavy atom. The zero-order valence-corrected chi connectivity index (χ0v) is 15.5. The second kappa shape index (κ2) is 6.16. The highest BCUT2D eigenvalue weighted by atomic mass is 16.5. The Balaban J connectivity index is 2.07. The van der Waals surface area contributed by atoms with E-state index in [9.17, 15) is 9.59 Å². The fourth-order valence-electron chi connectivity index (χ4n) is 3.90. The van der Waals surface area contributed by atoms with Gasteiger partial charge in [-0.15, -0.1) is 0 Å². The van der Waals surface area contributed by atoms with Gasteiger partial charge in [-0.2, -0.15) is 0 Å². The second-order valence-electron chi connectivity index (χ2n) is 6.95. The summed E-state index contributed by atoms with van der Waals surface area (Å²) in [6, 6.07) is 11.4. The van der Waals surface area contributed by atoms with E-state index in [1.807, 2.05) is 43.3 Å². The first-order valence-electron chi connectivity index (χ1n) is 8.83. The number of benzene rings is 2. The number of hydrogen-bond donors (Lipinski definition) is 2. The molecule has 0 saturated heterocycles. The second-order valence-corrected chi connectivity index (χ2v) is 6.95. The minimum Gasteiger partial charge on any atom is -0.488 e. The Labute approximate surface area is 156 Å². The average molecular weight is 363 g/mol. The van der Waals surface area contributed by atoms with Crippen molar-refractivity contribution in [2.24, 2.45) is 5.73 Å². The van der Waals surface area contributed by atoms with E-state index in [0.717, 1.165) is 16.6 Å². The molecule has 6 nitrogen and oxygen atoms in total. The highest BCUT2D eigenvalue weighted by Gasteiger charge is 2.31. The summed E-state index contributed by atoms with van der Waals surface area (Å²) >= 11 is 0. The highest BCUT2D eigenvalue weighted by molar-refractivity contribution is 6.22. The maximum absolute atomic E-state index is 12.8. The molecule has 27 heavy (non-hydrogen) atoms. The molecule has 3 aromatic rings. The molecule has 0 fully saturated rings. The Hall–Kier alpha value is -3.28. The topological polar surface area (TPSA) is 90.1 Å². The smallest absolute Gasteiger partial charge is 0.327 e. The molecular formula is C21H21N3O3. The summed E-state index contributed by atoms with van der Waals surface area (Å²) in [4.78, 5) is 28.0. The Morgan fingerprint density at radius 1 is 1.26 bits per heavy atom. The van der Waals surface area contributed by atoms with Crippen LogP contribution in [-0.2, 0) is 4.79 Å². The van der Waals surface area contributed by atoms with Crippen molar-refractivity contribution in [3.05, 3.63) is 69.3 Å². The average Bonchev–Trinajstić information content (AvgIpc) is 2.98. The van der Waals surface area contributed by atoms with Crippen molar-refractivity contribution in [1.82, 2.24) is 9.55 Å². The number of H-pyrrole nitrogens is 1. The molecule has 0 aliphatic carbocycles. The van der Waals surface area contributed by atoms with Gasteiger partial charge in [-0.3, -0.25) is 9.36 Å². The van der Waals surface area contributed by atoms with Gasteiger partial charge in [0.15, 0.2) is 11.5 Å². The Morgan fingerprint density at radius 2 is 1.96 bits per heavy atom.